The van der Waals surface area contributed by atoms with Crippen LogP contribution in [0.4, 0.5) is 0 Å². The monoisotopic (exact) mass is 247 g/mol. The predicted octanol–water partition coefficient (Wildman–Crippen LogP) is 3.68. The van der Waals surface area contributed by atoms with Crippen molar-refractivity contribution in [2.75, 3.05) is 7.05 Å². The first-order valence-corrected chi connectivity index (χ1v) is 7.17. The normalized spacial score (nSPS) is 25.2. The van der Waals surface area contributed by atoms with Gasteiger partial charge in [-0.1, -0.05) is 30.3 Å². The Morgan fingerprint density at radius 3 is 2.67 bits per heavy atom. The molecule has 2 rings (SSSR count). The fourth-order valence-electron chi connectivity index (χ4n) is 2.81. The van der Waals surface area contributed by atoms with Gasteiger partial charge in [0.2, 0.25) is 0 Å². The lowest BCUT2D eigenvalue weighted by Gasteiger charge is -2.18. The van der Waals surface area contributed by atoms with E-state index in [1.54, 1.807) is 0 Å². The molecule has 1 N–H and O–H groups in total. The van der Waals surface area contributed by atoms with Crippen LogP contribution in [-0.2, 0) is 4.74 Å². The molecule has 1 aromatic rings. The standard InChI is InChI=1S/C16H25NO/c1-13-11-12-15(18-13)9-6-10-16(17-2)14-7-4-3-5-8-14/h3-5,7-8,13,15-17H,6,9-12H2,1-2H3. The van der Waals surface area contributed by atoms with Gasteiger partial charge in [0.25, 0.3) is 0 Å². The third kappa shape index (κ3) is 3.82. The number of nitrogens with one attached hydrogen (secondary N) is 1. The third-order valence-electron chi connectivity index (χ3n) is 3.89. The minimum absolute atomic E-state index is 0.476. The van der Waals surface area contributed by atoms with E-state index >= 15 is 0 Å². The second-order valence-electron chi connectivity index (χ2n) is 5.33. The van der Waals surface area contributed by atoms with Gasteiger partial charge in [-0.05, 0) is 51.6 Å². The van der Waals surface area contributed by atoms with E-state index in [2.05, 4.69) is 42.6 Å². The summed E-state index contributed by atoms with van der Waals surface area (Å²) in [4.78, 5) is 0. The van der Waals surface area contributed by atoms with E-state index in [-0.39, 0.29) is 0 Å². The number of rotatable bonds is 6. The third-order valence-corrected chi connectivity index (χ3v) is 3.89. The molecular formula is C16H25NO. The fourth-order valence-corrected chi connectivity index (χ4v) is 2.81. The summed E-state index contributed by atoms with van der Waals surface area (Å²) in [6.07, 6.45) is 7.09. The Kier molecular flexibility index (Phi) is 5.21. The highest BCUT2D eigenvalue weighted by Crippen LogP contribution is 2.25. The summed E-state index contributed by atoms with van der Waals surface area (Å²) >= 11 is 0. The number of hydrogen-bond donors (Lipinski definition) is 1. The summed E-state index contributed by atoms with van der Waals surface area (Å²) in [5.74, 6) is 0. The lowest BCUT2D eigenvalue weighted by Crippen LogP contribution is -2.17. The Bertz CT molecular complexity index is 338. The van der Waals surface area contributed by atoms with Gasteiger partial charge in [0.05, 0.1) is 12.2 Å². The summed E-state index contributed by atoms with van der Waals surface area (Å²) in [7, 11) is 2.05. The summed E-state index contributed by atoms with van der Waals surface area (Å²) in [5, 5.41) is 3.41. The highest BCUT2D eigenvalue weighted by atomic mass is 16.5. The highest BCUT2D eigenvalue weighted by molar-refractivity contribution is 5.18. The van der Waals surface area contributed by atoms with Crippen molar-refractivity contribution in [3.8, 4) is 0 Å². The Balaban J connectivity index is 1.74. The minimum atomic E-state index is 0.476. The maximum Gasteiger partial charge on any atom is 0.0579 e. The van der Waals surface area contributed by atoms with E-state index in [1.165, 1.54) is 37.7 Å². The van der Waals surface area contributed by atoms with Crippen molar-refractivity contribution in [2.45, 2.75) is 57.3 Å². The SMILES string of the molecule is CNC(CCCC1CCC(C)O1)c1ccccc1. The molecule has 1 fully saturated rings. The molecule has 1 saturated heterocycles. The zero-order chi connectivity index (χ0) is 12.8. The van der Waals surface area contributed by atoms with Crippen molar-refractivity contribution in [2.24, 2.45) is 0 Å². The molecule has 1 aromatic carbocycles. The fraction of sp³-hybridized carbons (Fsp3) is 0.625. The number of ether oxygens (including phenoxy) is 1. The molecule has 0 saturated carbocycles. The van der Waals surface area contributed by atoms with Crippen molar-refractivity contribution in [1.82, 2.24) is 5.32 Å². The molecule has 0 spiro atoms. The molecule has 0 radical (unpaired) electrons. The quantitative estimate of drug-likeness (QED) is 0.828. The van der Waals surface area contributed by atoms with Crippen molar-refractivity contribution in [1.29, 1.82) is 0 Å². The van der Waals surface area contributed by atoms with Crippen molar-refractivity contribution < 1.29 is 4.74 Å². The van der Waals surface area contributed by atoms with Crippen LogP contribution in [-0.4, -0.2) is 19.3 Å². The van der Waals surface area contributed by atoms with Gasteiger partial charge in [-0.3, -0.25) is 0 Å². The van der Waals surface area contributed by atoms with Crippen LogP contribution >= 0.6 is 0 Å². The van der Waals surface area contributed by atoms with Gasteiger partial charge in [0.15, 0.2) is 0 Å². The zero-order valence-corrected chi connectivity index (χ0v) is 11.6. The summed E-state index contributed by atoms with van der Waals surface area (Å²) in [6.45, 7) is 2.18. The van der Waals surface area contributed by atoms with Gasteiger partial charge in [0.1, 0.15) is 0 Å². The average molecular weight is 247 g/mol. The Morgan fingerprint density at radius 2 is 2.06 bits per heavy atom. The number of hydrogen-bond acceptors (Lipinski definition) is 2. The van der Waals surface area contributed by atoms with Gasteiger partial charge in [0, 0.05) is 6.04 Å². The second-order valence-corrected chi connectivity index (χ2v) is 5.33. The Morgan fingerprint density at radius 1 is 1.28 bits per heavy atom. The van der Waals surface area contributed by atoms with Crippen LogP contribution in [0.1, 0.15) is 50.6 Å². The van der Waals surface area contributed by atoms with Crippen molar-refractivity contribution in [3.63, 3.8) is 0 Å². The topological polar surface area (TPSA) is 21.3 Å². The molecule has 100 valence electrons. The van der Waals surface area contributed by atoms with Gasteiger partial charge in [-0.2, -0.15) is 0 Å². The van der Waals surface area contributed by atoms with E-state index in [0.717, 1.165) is 0 Å². The van der Waals surface area contributed by atoms with Crippen LogP contribution < -0.4 is 5.32 Å². The lowest BCUT2D eigenvalue weighted by molar-refractivity contribution is 0.0491. The molecule has 1 aliphatic heterocycles. The first-order chi connectivity index (χ1) is 8.79. The van der Waals surface area contributed by atoms with Gasteiger partial charge in [-0.15, -0.1) is 0 Å². The molecule has 18 heavy (non-hydrogen) atoms. The Labute approximate surface area is 111 Å². The first-order valence-electron chi connectivity index (χ1n) is 7.17. The van der Waals surface area contributed by atoms with E-state index in [9.17, 15) is 0 Å². The van der Waals surface area contributed by atoms with Gasteiger partial charge in [-0.25, -0.2) is 0 Å². The lowest BCUT2D eigenvalue weighted by atomic mass is 9.99. The second kappa shape index (κ2) is 6.91. The van der Waals surface area contributed by atoms with Crippen LogP contribution in [0.5, 0.6) is 0 Å². The van der Waals surface area contributed by atoms with Crippen LogP contribution in [0.25, 0.3) is 0 Å². The molecule has 3 atom stereocenters. The van der Waals surface area contributed by atoms with Crippen LogP contribution in [0.3, 0.4) is 0 Å². The van der Waals surface area contributed by atoms with E-state index in [1.807, 2.05) is 7.05 Å². The Hall–Kier alpha value is -0.860. The van der Waals surface area contributed by atoms with Crippen LogP contribution in [0.2, 0.25) is 0 Å². The molecule has 3 unspecified atom stereocenters. The van der Waals surface area contributed by atoms with E-state index < -0.39 is 0 Å². The predicted molar refractivity (Wildman–Crippen MR) is 75.7 cm³/mol. The molecule has 0 amide bonds. The smallest absolute Gasteiger partial charge is 0.0579 e. The molecule has 2 heteroatoms. The van der Waals surface area contributed by atoms with Gasteiger partial charge >= 0.3 is 0 Å². The first kappa shape index (κ1) is 13.6. The average Bonchev–Trinajstić information content (AvgIpc) is 2.81. The van der Waals surface area contributed by atoms with Gasteiger partial charge < -0.3 is 10.1 Å². The largest absolute Gasteiger partial charge is 0.375 e. The molecule has 1 aliphatic rings. The highest BCUT2D eigenvalue weighted by Gasteiger charge is 2.21. The molecule has 0 aromatic heterocycles. The minimum Gasteiger partial charge on any atom is -0.375 e. The summed E-state index contributed by atoms with van der Waals surface area (Å²) in [5.41, 5.74) is 1.39. The maximum atomic E-state index is 5.86. The molecule has 2 nitrogen and oxygen atoms in total. The molecular weight excluding hydrogens is 222 g/mol. The summed E-state index contributed by atoms with van der Waals surface area (Å²) in [6, 6.07) is 11.2. The number of benzene rings is 1. The molecule has 0 bridgehead atoms. The molecule has 1 heterocycles. The maximum absolute atomic E-state index is 5.86. The zero-order valence-electron chi connectivity index (χ0n) is 11.6. The van der Waals surface area contributed by atoms with Crippen LogP contribution in [0.15, 0.2) is 30.3 Å². The molecule has 0 aliphatic carbocycles. The van der Waals surface area contributed by atoms with E-state index in [4.69, 9.17) is 4.74 Å². The van der Waals surface area contributed by atoms with E-state index in [0.29, 0.717) is 18.2 Å². The van der Waals surface area contributed by atoms with Crippen LogP contribution in [0, 0.1) is 0 Å². The van der Waals surface area contributed by atoms with Crippen molar-refractivity contribution in [3.05, 3.63) is 35.9 Å². The summed E-state index contributed by atoms with van der Waals surface area (Å²) < 4.78 is 5.86. The van der Waals surface area contributed by atoms with Crippen molar-refractivity contribution >= 4 is 0 Å².